The van der Waals surface area contributed by atoms with Crippen molar-refractivity contribution in [2.45, 2.75) is 50.9 Å². The smallest absolute Gasteiger partial charge is 0.236 e. The fraction of sp³-hybridized carbons (Fsp3) is 0.565. The zero-order valence-electron chi connectivity index (χ0n) is 17.2. The second-order valence-corrected chi connectivity index (χ2v) is 8.72. The van der Waals surface area contributed by atoms with Gasteiger partial charge in [-0.25, -0.2) is 9.37 Å². The number of piperidine rings is 2. The van der Waals surface area contributed by atoms with Gasteiger partial charge in [-0.2, -0.15) is 0 Å². The summed E-state index contributed by atoms with van der Waals surface area (Å²) in [5.74, 6) is 1.28. The van der Waals surface area contributed by atoms with Gasteiger partial charge in [0.2, 0.25) is 11.8 Å². The van der Waals surface area contributed by atoms with Gasteiger partial charge >= 0.3 is 0 Å². The van der Waals surface area contributed by atoms with E-state index < -0.39 is 0 Å². The van der Waals surface area contributed by atoms with Crippen LogP contribution in [0.2, 0.25) is 0 Å². The van der Waals surface area contributed by atoms with Crippen molar-refractivity contribution in [3.05, 3.63) is 53.5 Å². The lowest BCUT2D eigenvalue weighted by molar-refractivity contribution is -0.135. The number of carbonyl (C=O) groups is 1. The Morgan fingerprint density at radius 1 is 1.17 bits per heavy atom. The molecule has 0 unspecified atom stereocenters. The maximum Gasteiger partial charge on any atom is 0.236 e. The van der Waals surface area contributed by atoms with Crippen LogP contribution in [0.15, 0.2) is 34.9 Å². The van der Waals surface area contributed by atoms with Gasteiger partial charge in [-0.05, 0) is 57.3 Å². The minimum atomic E-state index is -0.302. The summed E-state index contributed by atoms with van der Waals surface area (Å²) in [5, 5.41) is 0. The van der Waals surface area contributed by atoms with Crippen LogP contribution in [0, 0.1) is 5.82 Å². The SMILES string of the molecule is C[C@]1(c2ncc(Cc3ccccc3F)o2)CCCN(C(=O)CN2CCCCC2)C1. The van der Waals surface area contributed by atoms with Gasteiger partial charge < -0.3 is 9.32 Å². The lowest BCUT2D eigenvalue weighted by Gasteiger charge is -2.39. The summed E-state index contributed by atoms with van der Waals surface area (Å²) in [6.45, 7) is 6.10. The minimum Gasteiger partial charge on any atom is -0.445 e. The molecule has 2 fully saturated rings. The quantitative estimate of drug-likeness (QED) is 0.768. The second kappa shape index (κ2) is 8.66. The van der Waals surface area contributed by atoms with Gasteiger partial charge in [0.1, 0.15) is 11.6 Å². The van der Waals surface area contributed by atoms with Crippen molar-refractivity contribution in [2.24, 2.45) is 0 Å². The fourth-order valence-corrected chi connectivity index (χ4v) is 4.53. The third kappa shape index (κ3) is 4.69. The summed E-state index contributed by atoms with van der Waals surface area (Å²) < 4.78 is 20.0. The lowest BCUT2D eigenvalue weighted by Crippen LogP contribution is -2.50. The molecule has 2 aliphatic heterocycles. The highest BCUT2D eigenvalue weighted by atomic mass is 19.1. The van der Waals surface area contributed by atoms with Crippen LogP contribution in [0.1, 0.15) is 56.2 Å². The first-order valence-electron chi connectivity index (χ1n) is 10.7. The molecule has 0 radical (unpaired) electrons. The predicted octanol–water partition coefficient (Wildman–Crippen LogP) is 3.77. The highest BCUT2D eigenvalue weighted by molar-refractivity contribution is 5.78. The van der Waals surface area contributed by atoms with Gasteiger partial charge in [-0.3, -0.25) is 9.69 Å². The number of nitrogens with zero attached hydrogens (tertiary/aromatic N) is 3. The number of rotatable bonds is 5. The molecule has 6 heteroatoms. The van der Waals surface area contributed by atoms with Crippen molar-refractivity contribution in [1.29, 1.82) is 0 Å². The maximum atomic E-state index is 13.9. The Kier molecular flexibility index (Phi) is 5.99. The standard InChI is InChI=1S/C23H30FN3O2/c1-23(22-25-15-19(29-22)14-18-8-3-4-9-20(18)24)10-7-13-27(17-23)21(28)16-26-11-5-2-6-12-26/h3-4,8-9,15H,2,5-7,10-14,16-17H2,1H3/t23-/m0/s1. The topological polar surface area (TPSA) is 49.6 Å². The molecule has 1 amide bonds. The molecular weight excluding hydrogens is 369 g/mol. The van der Waals surface area contributed by atoms with Crippen molar-refractivity contribution in [3.8, 4) is 0 Å². The van der Waals surface area contributed by atoms with Crippen LogP contribution in [0.25, 0.3) is 0 Å². The first-order chi connectivity index (χ1) is 14.0. The third-order valence-electron chi connectivity index (χ3n) is 6.25. The number of carbonyl (C=O) groups excluding carboxylic acids is 1. The van der Waals surface area contributed by atoms with E-state index in [-0.39, 0.29) is 17.1 Å². The molecule has 0 bridgehead atoms. The summed E-state index contributed by atoms with van der Waals surface area (Å²) in [6.07, 6.45) is 7.59. The Balaban J connectivity index is 1.41. The highest BCUT2D eigenvalue weighted by Crippen LogP contribution is 2.34. The van der Waals surface area contributed by atoms with Crippen LogP contribution < -0.4 is 0 Å². The molecule has 156 valence electrons. The normalized spacial score (nSPS) is 23.3. The molecule has 0 N–H and O–H groups in total. The molecule has 2 aliphatic rings. The Hall–Kier alpha value is -2.21. The zero-order chi connectivity index (χ0) is 20.3. The van der Waals surface area contributed by atoms with Gasteiger partial charge in [0, 0.05) is 19.5 Å². The van der Waals surface area contributed by atoms with E-state index in [0.717, 1.165) is 32.5 Å². The monoisotopic (exact) mass is 399 g/mol. The van der Waals surface area contributed by atoms with Crippen LogP contribution in [0.4, 0.5) is 4.39 Å². The van der Waals surface area contributed by atoms with E-state index in [1.165, 1.54) is 25.3 Å². The molecule has 4 rings (SSSR count). The zero-order valence-corrected chi connectivity index (χ0v) is 17.2. The largest absolute Gasteiger partial charge is 0.445 e. The van der Waals surface area contributed by atoms with E-state index in [2.05, 4.69) is 16.8 Å². The van der Waals surface area contributed by atoms with E-state index in [0.29, 0.717) is 36.7 Å². The molecule has 0 aliphatic carbocycles. The van der Waals surface area contributed by atoms with E-state index in [9.17, 15) is 9.18 Å². The first-order valence-corrected chi connectivity index (χ1v) is 10.7. The third-order valence-corrected chi connectivity index (χ3v) is 6.25. The Bertz CT molecular complexity index is 846. The molecule has 5 nitrogen and oxygen atoms in total. The molecule has 1 aromatic heterocycles. The predicted molar refractivity (Wildman–Crippen MR) is 109 cm³/mol. The average Bonchev–Trinajstić information content (AvgIpc) is 3.20. The first kappa shape index (κ1) is 20.1. The van der Waals surface area contributed by atoms with E-state index in [1.807, 2.05) is 11.0 Å². The Morgan fingerprint density at radius 2 is 1.97 bits per heavy atom. The van der Waals surface area contributed by atoms with Crippen molar-refractivity contribution in [3.63, 3.8) is 0 Å². The summed E-state index contributed by atoms with van der Waals surface area (Å²) in [4.78, 5) is 21.6. The number of aromatic nitrogens is 1. The summed E-state index contributed by atoms with van der Waals surface area (Å²) >= 11 is 0. The second-order valence-electron chi connectivity index (χ2n) is 8.72. The van der Waals surface area contributed by atoms with Crippen LogP contribution >= 0.6 is 0 Å². The summed E-state index contributed by atoms with van der Waals surface area (Å²) in [6, 6.07) is 6.73. The fourth-order valence-electron chi connectivity index (χ4n) is 4.53. The minimum absolute atomic E-state index is 0.205. The van der Waals surface area contributed by atoms with Crippen LogP contribution in [0.5, 0.6) is 0 Å². The summed E-state index contributed by atoms with van der Waals surface area (Å²) in [5.41, 5.74) is 0.297. The van der Waals surface area contributed by atoms with Gasteiger partial charge in [0.25, 0.3) is 0 Å². The van der Waals surface area contributed by atoms with Crippen molar-refractivity contribution in [2.75, 3.05) is 32.7 Å². The molecule has 0 spiro atoms. The van der Waals surface area contributed by atoms with Crippen LogP contribution in [-0.4, -0.2) is 53.4 Å². The summed E-state index contributed by atoms with van der Waals surface area (Å²) in [7, 11) is 0. The van der Waals surface area contributed by atoms with Gasteiger partial charge in [-0.15, -0.1) is 0 Å². The Labute approximate surface area is 171 Å². The highest BCUT2D eigenvalue weighted by Gasteiger charge is 2.38. The molecule has 3 heterocycles. The number of hydrogen-bond donors (Lipinski definition) is 0. The van der Waals surface area contributed by atoms with E-state index in [1.54, 1.807) is 18.3 Å². The van der Waals surface area contributed by atoms with Gasteiger partial charge in [0.15, 0.2) is 0 Å². The number of amides is 1. The van der Waals surface area contributed by atoms with Crippen molar-refractivity contribution >= 4 is 5.91 Å². The maximum absolute atomic E-state index is 13.9. The number of hydrogen-bond acceptors (Lipinski definition) is 4. The molecule has 0 saturated carbocycles. The van der Waals surface area contributed by atoms with E-state index in [4.69, 9.17) is 4.42 Å². The Morgan fingerprint density at radius 3 is 2.76 bits per heavy atom. The molecule has 1 aromatic carbocycles. The number of halogens is 1. The molecule has 2 saturated heterocycles. The molecule has 29 heavy (non-hydrogen) atoms. The van der Waals surface area contributed by atoms with Crippen molar-refractivity contribution < 1.29 is 13.6 Å². The molecular formula is C23H30FN3O2. The number of oxazole rings is 1. The van der Waals surface area contributed by atoms with Gasteiger partial charge in [0.05, 0.1) is 18.2 Å². The van der Waals surface area contributed by atoms with Crippen LogP contribution in [0.3, 0.4) is 0 Å². The number of benzene rings is 1. The van der Waals surface area contributed by atoms with Crippen molar-refractivity contribution in [1.82, 2.24) is 14.8 Å². The van der Waals surface area contributed by atoms with E-state index >= 15 is 0 Å². The molecule has 1 atom stereocenters. The lowest BCUT2D eigenvalue weighted by atomic mass is 9.81. The average molecular weight is 400 g/mol. The van der Waals surface area contributed by atoms with Gasteiger partial charge in [-0.1, -0.05) is 24.6 Å². The number of likely N-dealkylation sites (tertiary alicyclic amines) is 2. The van der Waals surface area contributed by atoms with Crippen LogP contribution in [-0.2, 0) is 16.6 Å². The molecule has 2 aromatic rings.